The van der Waals surface area contributed by atoms with E-state index in [-0.39, 0.29) is 6.42 Å². The zero-order valence-corrected chi connectivity index (χ0v) is 9.65. The van der Waals surface area contributed by atoms with Crippen LogP contribution in [0.2, 0.25) is 0 Å². The van der Waals surface area contributed by atoms with E-state index in [1.54, 1.807) is 18.5 Å². The van der Waals surface area contributed by atoms with Crippen LogP contribution < -0.4 is 5.73 Å². The van der Waals surface area contributed by atoms with Crippen molar-refractivity contribution >= 4 is 5.97 Å². The molecule has 2 heterocycles. The third-order valence-corrected chi connectivity index (χ3v) is 2.52. The quantitative estimate of drug-likeness (QED) is 0.839. The number of aliphatic carboxylic acids is 1. The lowest BCUT2D eigenvalue weighted by molar-refractivity contribution is -0.138. The van der Waals surface area contributed by atoms with Gasteiger partial charge in [-0.3, -0.25) is 14.8 Å². The summed E-state index contributed by atoms with van der Waals surface area (Å²) in [6.07, 6.45) is 3.60. The molecule has 92 valence electrons. The molecule has 0 amide bonds. The summed E-state index contributed by atoms with van der Waals surface area (Å²) in [6.45, 7) is 0. The monoisotopic (exact) mass is 243 g/mol. The highest BCUT2D eigenvalue weighted by atomic mass is 16.4. The Bertz CT molecular complexity index is 543. The number of carbonyl (C=O) groups is 1. The largest absolute Gasteiger partial charge is 0.480 e. The van der Waals surface area contributed by atoms with Gasteiger partial charge in [-0.2, -0.15) is 0 Å². The summed E-state index contributed by atoms with van der Waals surface area (Å²) in [6, 6.07) is 8.22. The average molecular weight is 243 g/mol. The molecular weight excluding hydrogens is 230 g/mol. The molecule has 2 rings (SSSR count). The molecule has 0 unspecified atom stereocenters. The standard InChI is InChI=1S/C13H13N3O2/c14-10(13(17)18)7-9-4-6-16-12(8-9)11-3-1-2-5-15-11/h1-6,8,10H,7,14H2,(H,17,18)/t10-/m1/s1. The zero-order valence-electron chi connectivity index (χ0n) is 9.65. The highest BCUT2D eigenvalue weighted by Crippen LogP contribution is 2.15. The molecule has 0 aliphatic carbocycles. The van der Waals surface area contributed by atoms with Crippen LogP contribution in [0.5, 0.6) is 0 Å². The van der Waals surface area contributed by atoms with Crippen molar-refractivity contribution in [2.24, 2.45) is 5.73 Å². The van der Waals surface area contributed by atoms with Gasteiger partial charge in [0.05, 0.1) is 11.4 Å². The van der Waals surface area contributed by atoms with Crippen LogP contribution >= 0.6 is 0 Å². The maximum absolute atomic E-state index is 10.7. The summed E-state index contributed by atoms with van der Waals surface area (Å²) in [5.74, 6) is -1.01. The Morgan fingerprint density at radius 3 is 2.67 bits per heavy atom. The minimum Gasteiger partial charge on any atom is -0.480 e. The molecule has 0 radical (unpaired) electrons. The molecule has 5 heteroatoms. The molecule has 18 heavy (non-hydrogen) atoms. The molecule has 0 saturated heterocycles. The van der Waals surface area contributed by atoms with Crippen molar-refractivity contribution in [3.8, 4) is 11.4 Å². The normalized spacial score (nSPS) is 12.1. The number of pyridine rings is 2. The minimum absolute atomic E-state index is 0.275. The number of nitrogens with zero attached hydrogens (tertiary/aromatic N) is 2. The summed E-state index contributed by atoms with van der Waals surface area (Å²) in [5, 5.41) is 8.78. The van der Waals surface area contributed by atoms with Crippen molar-refractivity contribution in [1.82, 2.24) is 9.97 Å². The molecule has 0 aromatic carbocycles. The fourth-order valence-corrected chi connectivity index (χ4v) is 1.60. The first-order chi connectivity index (χ1) is 8.66. The van der Waals surface area contributed by atoms with Gasteiger partial charge in [0.15, 0.2) is 0 Å². The van der Waals surface area contributed by atoms with E-state index in [1.807, 2.05) is 24.3 Å². The van der Waals surface area contributed by atoms with E-state index in [2.05, 4.69) is 9.97 Å². The summed E-state index contributed by atoms with van der Waals surface area (Å²) in [5.41, 5.74) is 7.80. The Balaban J connectivity index is 2.23. The Morgan fingerprint density at radius 1 is 1.22 bits per heavy atom. The highest BCUT2D eigenvalue weighted by Gasteiger charge is 2.12. The number of aromatic nitrogens is 2. The molecule has 5 nitrogen and oxygen atoms in total. The van der Waals surface area contributed by atoms with Gasteiger partial charge >= 0.3 is 5.97 Å². The van der Waals surface area contributed by atoms with Gasteiger partial charge in [-0.1, -0.05) is 6.07 Å². The lowest BCUT2D eigenvalue weighted by Gasteiger charge is -2.07. The predicted octanol–water partition coefficient (Wildman–Crippen LogP) is 1.10. The van der Waals surface area contributed by atoms with E-state index in [4.69, 9.17) is 10.8 Å². The number of carboxylic acid groups (broad SMARTS) is 1. The second-order valence-corrected chi connectivity index (χ2v) is 3.91. The van der Waals surface area contributed by atoms with E-state index in [1.165, 1.54) is 0 Å². The fourth-order valence-electron chi connectivity index (χ4n) is 1.60. The van der Waals surface area contributed by atoms with Crippen molar-refractivity contribution < 1.29 is 9.90 Å². The number of hydrogen-bond acceptors (Lipinski definition) is 4. The zero-order chi connectivity index (χ0) is 13.0. The van der Waals surface area contributed by atoms with Crippen LogP contribution in [0.25, 0.3) is 11.4 Å². The molecular formula is C13H13N3O2. The van der Waals surface area contributed by atoms with Crippen LogP contribution in [-0.4, -0.2) is 27.1 Å². The smallest absolute Gasteiger partial charge is 0.320 e. The number of nitrogens with two attached hydrogens (primary N) is 1. The van der Waals surface area contributed by atoms with E-state index in [0.29, 0.717) is 5.69 Å². The van der Waals surface area contributed by atoms with Gasteiger partial charge in [0.2, 0.25) is 0 Å². The van der Waals surface area contributed by atoms with Crippen LogP contribution in [0.1, 0.15) is 5.56 Å². The summed E-state index contributed by atoms with van der Waals surface area (Å²) >= 11 is 0. The van der Waals surface area contributed by atoms with Gasteiger partial charge in [-0.15, -0.1) is 0 Å². The van der Waals surface area contributed by atoms with Gasteiger partial charge in [0.1, 0.15) is 6.04 Å². The van der Waals surface area contributed by atoms with Crippen LogP contribution in [0.3, 0.4) is 0 Å². The van der Waals surface area contributed by atoms with Crippen molar-refractivity contribution in [3.63, 3.8) is 0 Å². The van der Waals surface area contributed by atoms with Crippen LogP contribution in [0.4, 0.5) is 0 Å². The lowest BCUT2D eigenvalue weighted by atomic mass is 10.1. The van der Waals surface area contributed by atoms with E-state index >= 15 is 0 Å². The van der Waals surface area contributed by atoms with Crippen molar-refractivity contribution in [2.75, 3.05) is 0 Å². The fraction of sp³-hybridized carbons (Fsp3) is 0.154. The Morgan fingerprint density at radius 2 is 2.00 bits per heavy atom. The van der Waals surface area contributed by atoms with Crippen molar-refractivity contribution in [2.45, 2.75) is 12.5 Å². The Labute approximate surface area is 104 Å². The van der Waals surface area contributed by atoms with Gasteiger partial charge in [-0.25, -0.2) is 0 Å². The predicted molar refractivity (Wildman–Crippen MR) is 66.8 cm³/mol. The molecule has 1 atom stereocenters. The maximum atomic E-state index is 10.7. The van der Waals surface area contributed by atoms with E-state index in [9.17, 15) is 4.79 Å². The van der Waals surface area contributed by atoms with Crippen LogP contribution in [0.15, 0.2) is 42.7 Å². The molecule has 0 fully saturated rings. The third-order valence-electron chi connectivity index (χ3n) is 2.52. The summed E-state index contributed by atoms with van der Waals surface area (Å²) in [7, 11) is 0. The van der Waals surface area contributed by atoms with Crippen LogP contribution in [0, 0.1) is 0 Å². The first-order valence-electron chi connectivity index (χ1n) is 5.51. The maximum Gasteiger partial charge on any atom is 0.320 e. The van der Waals surface area contributed by atoms with Crippen molar-refractivity contribution in [3.05, 3.63) is 48.3 Å². The van der Waals surface area contributed by atoms with Gasteiger partial charge < -0.3 is 10.8 Å². The minimum atomic E-state index is -1.01. The Kier molecular flexibility index (Phi) is 3.64. The molecule has 0 bridgehead atoms. The molecule has 2 aromatic heterocycles. The van der Waals surface area contributed by atoms with Gasteiger partial charge in [-0.05, 0) is 36.2 Å². The van der Waals surface area contributed by atoms with Crippen LogP contribution in [-0.2, 0) is 11.2 Å². The van der Waals surface area contributed by atoms with Crippen molar-refractivity contribution in [1.29, 1.82) is 0 Å². The van der Waals surface area contributed by atoms with E-state index < -0.39 is 12.0 Å². The first kappa shape index (κ1) is 12.2. The second kappa shape index (κ2) is 5.37. The summed E-state index contributed by atoms with van der Waals surface area (Å²) in [4.78, 5) is 19.1. The molecule has 0 aliphatic heterocycles. The van der Waals surface area contributed by atoms with Gasteiger partial charge in [0, 0.05) is 12.4 Å². The summed E-state index contributed by atoms with van der Waals surface area (Å²) < 4.78 is 0. The average Bonchev–Trinajstić information content (AvgIpc) is 2.40. The molecule has 0 spiro atoms. The number of carboxylic acids is 1. The Hall–Kier alpha value is -2.27. The SMILES string of the molecule is N[C@H](Cc1ccnc(-c2ccccn2)c1)C(=O)O. The second-order valence-electron chi connectivity index (χ2n) is 3.91. The molecule has 3 N–H and O–H groups in total. The molecule has 0 saturated carbocycles. The third kappa shape index (κ3) is 2.89. The number of hydrogen-bond donors (Lipinski definition) is 2. The molecule has 0 aliphatic rings. The topological polar surface area (TPSA) is 89.1 Å². The molecule has 2 aromatic rings. The highest BCUT2D eigenvalue weighted by molar-refractivity contribution is 5.73. The van der Waals surface area contributed by atoms with Gasteiger partial charge in [0.25, 0.3) is 0 Å². The number of rotatable bonds is 4. The van der Waals surface area contributed by atoms with E-state index in [0.717, 1.165) is 11.3 Å². The first-order valence-corrected chi connectivity index (χ1v) is 5.51. The lowest BCUT2D eigenvalue weighted by Crippen LogP contribution is -2.32.